The Hall–Kier alpha value is -1.03. The third-order valence-corrected chi connectivity index (χ3v) is 4.80. The number of halogens is 2. The van der Waals surface area contributed by atoms with E-state index in [0.717, 1.165) is 44.3 Å². The highest BCUT2D eigenvalue weighted by molar-refractivity contribution is 6.42. The van der Waals surface area contributed by atoms with Crippen LogP contribution in [0.4, 0.5) is 0 Å². The van der Waals surface area contributed by atoms with Crippen molar-refractivity contribution in [1.29, 1.82) is 0 Å². The predicted molar refractivity (Wildman–Crippen MR) is 91.1 cm³/mol. The maximum atomic E-state index is 12.2. The molecule has 1 N–H and O–H groups in total. The molecule has 0 spiro atoms. The van der Waals surface area contributed by atoms with Gasteiger partial charge in [0, 0.05) is 25.8 Å². The molecule has 1 aliphatic rings. The smallest absolute Gasteiger partial charge is 0.246 e. The lowest BCUT2D eigenvalue weighted by molar-refractivity contribution is -0.127. The molecular weight excluding hydrogens is 321 g/mol. The standard InChI is InChI=1S/C17H21Cl2NO2/c18-15-5-3-14(12-16(15)19)4-6-17(22)20-9-7-13(8-10-20)2-1-11-21/h3-6,12-13,21H,1-2,7-11H2/b6-4+. The van der Waals surface area contributed by atoms with E-state index in [2.05, 4.69) is 0 Å². The van der Waals surface area contributed by atoms with Crippen LogP contribution in [-0.2, 0) is 4.79 Å². The zero-order valence-corrected chi connectivity index (χ0v) is 14.0. The monoisotopic (exact) mass is 341 g/mol. The summed E-state index contributed by atoms with van der Waals surface area (Å²) in [4.78, 5) is 14.1. The van der Waals surface area contributed by atoms with Gasteiger partial charge in [-0.3, -0.25) is 4.79 Å². The van der Waals surface area contributed by atoms with Gasteiger partial charge < -0.3 is 10.0 Å². The molecule has 0 atom stereocenters. The molecule has 0 bridgehead atoms. The van der Waals surface area contributed by atoms with Crippen LogP contribution in [0.3, 0.4) is 0 Å². The first-order chi connectivity index (χ1) is 10.6. The molecular formula is C17H21Cl2NO2. The minimum Gasteiger partial charge on any atom is -0.396 e. The molecule has 1 saturated heterocycles. The van der Waals surface area contributed by atoms with Crippen molar-refractivity contribution < 1.29 is 9.90 Å². The predicted octanol–water partition coefficient (Wildman–Crippen LogP) is 4.02. The lowest BCUT2D eigenvalue weighted by atomic mass is 9.92. The number of nitrogens with zero attached hydrogens (tertiary/aromatic N) is 1. The Morgan fingerprint density at radius 1 is 1.27 bits per heavy atom. The summed E-state index contributed by atoms with van der Waals surface area (Å²) in [5, 5.41) is 9.86. The van der Waals surface area contributed by atoms with E-state index in [-0.39, 0.29) is 12.5 Å². The lowest BCUT2D eigenvalue weighted by Gasteiger charge is -2.31. The van der Waals surface area contributed by atoms with E-state index in [1.807, 2.05) is 11.0 Å². The van der Waals surface area contributed by atoms with Crippen molar-refractivity contribution in [2.45, 2.75) is 25.7 Å². The molecule has 1 fully saturated rings. The highest BCUT2D eigenvalue weighted by atomic mass is 35.5. The van der Waals surface area contributed by atoms with E-state index >= 15 is 0 Å². The molecule has 0 aromatic heterocycles. The third kappa shape index (κ3) is 5.01. The minimum absolute atomic E-state index is 0.0340. The van der Waals surface area contributed by atoms with Crippen molar-refractivity contribution in [3.05, 3.63) is 39.9 Å². The fourth-order valence-corrected chi connectivity index (χ4v) is 3.02. The fourth-order valence-electron chi connectivity index (χ4n) is 2.71. The van der Waals surface area contributed by atoms with Crippen LogP contribution in [0.25, 0.3) is 6.08 Å². The molecule has 3 nitrogen and oxygen atoms in total. The molecule has 1 heterocycles. The second-order valence-corrected chi connectivity index (χ2v) is 6.46. The minimum atomic E-state index is 0.0340. The molecule has 1 aliphatic heterocycles. The first kappa shape index (κ1) is 17.3. The number of benzene rings is 1. The molecule has 1 amide bonds. The van der Waals surface area contributed by atoms with E-state index in [1.54, 1.807) is 24.3 Å². The number of carbonyl (C=O) groups is 1. The van der Waals surface area contributed by atoms with Crippen molar-refractivity contribution >= 4 is 35.2 Å². The first-order valence-corrected chi connectivity index (χ1v) is 8.38. The van der Waals surface area contributed by atoms with E-state index in [1.165, 1.54) is 0 Å². The number of likely N-dealkylation sites (tertiary alicyclic amines) is 1. The molecule has 22 heavy (non-hydrogen) atoms. The highest BCUT2D eigenvalue weighted by Crippen LogP contribution is 2.24. The summed E-state index contributed by atoms with van der Waals surface area (Å²) in [6.07, 6.45) is 7.31. The Bertz CT molecular complexity index is 537. The summed E-state index contributed by atoms with van der Waals surface area (Å²) >= 11 is 11.8. The van der Waals surface area contributed by atoms with Gasteiger partial charge in [-0.15, -0.1) is 0 Å². The van der Waals surface area contributed by atoms with Crippen LogP contribution in [0.15, 0.2) is 24.3 Å². The quantitative estimate of drug-likeness (QED) is 0.821. The zero-order valence-electron chi connectivity index (χ0n) is 12.5. The van der Waals surface area contributed by atoms with Crippen LogP contribution >= 0.6 is 23.2 Å². The van der Waals surface area contributed by atoms with Crippen LogP contribution in [0.5, 0.6) is 0 Å². The van der Waals surface area contributed by atoms with Gasteiger partial charge in [0.1, 0.15) is 0 Å². The summed E-state index contributed by atoms with van der Waals surface area (Å²) in [6, 6.07) is 5.30. The highest BCUT2D eigenvalue weighted by Gasteiger charge is 2.20. The Kier molecular flexibility index (Phi) is 6.74. The number of amides is 1. The van der Waals surface area contributed by atoms with E-state index in [4.69, 9.17) is 28.3 Å². The molecule has 0 saturated carbocycles. The molecule has 0 radical (unpaired) electrons. The molecule has 5 heteroatoms. The van der Waals surface area contributed by atoms with Crippen molar-refractivity contribution in [3.8, 4) is 0 Å². The number of hydrogen-bond donors (Lipinski definition) is 1. The van der Waals surface area contributed by atoms with E-state index < -0.39 is 0 Å². The van der Waals surface area contributed by atoms with Gasteiger partial charge in [-0.25, -0.2) is 0 Å². The Morgan fingerprint density at radius 2 is 2.00 bits per heavy atom. The molecule has 1 aromatic rings. The maximum Gasteiger partial charge on any atom is 0.246 e. The van der Waals surface area contributed by atoms with Crippen molar-refractivity contribution in [2.75, 3.05) is 19.7 Å². The third-order valence-electron chi connectivity index (χ3n) is 4.06. The molecule has 120 valence electrons. The second kappa shape index (κ2) is 8.56. The van der Waals surface area contributed by atoms with Crippen LogP contribution in [0.1, 0.15) is 31.2 Å². The van der Waals surface area contributed by atoms with Gasteiger partial charge in [0.05, 0.1) is 10.0 Å². The average Bonchev–Trinajstić information content (AvgIpc) is 2.54. The van der Waals surface area contributed by atoms with E-state index in [0.29, 0.717) is 16.0 Å². The van der Waals surface area contributed by atoms with Gasteiger partial charge >= 0.3 is 0 Å². The number of rotatable bonds is 5. The molecule has 2 rings (SSSR count). The fraction of sp³-hybridized carbons (Fsp3) is 0.471. The number of hydrogen-bond acceptors (Lipinski definition) is 2. The second-order valence-electron chi connectivity index (χ2n) is 5.64. The molecule has 0 unspecified atom stereocenters. The first-order valence-electron chi connectivity index (χ1n) is 7.63. The Morgan fingerprint density at radius 3 is 2.64 bits per heavy atom. The normalized spacial score (nSPS) is 16.4. The number of piperidine rings is 1. The van der Waals surface area contributed by atoms with Gasteiger partial charge in [0.2, 0.25) is 5.91 Å². The summed E-state index contributed by atoms with van der Waals surface area (Å²) in [6.45, 7) is 1.84. The van der Waals surface area contributed by atoms with Gasteiger partial charge in [0.15, 0.2) is 0 Å². The largest absolute Gasteiger partial charge is 0.396 e. The number of carbonyl (C=O) groups excluding carboxylic acids is 1. The molecule has 0 aliphatic carbocycles. The summed E-state index contributed by atoms with van der Waals surface area (Å²) in [5.41, 5.74) is 0.862. The van der Waals surface area contributed by atoms with Crippen molar-refractivity contribution in [3.63, 3.8) is 0 Å². The summed E-state index contributed by atoms with van der Waals surface area (Å²) in [5.74, 6) is 0.668. The lowest BCUT2D eigenvalue weighted by Crippen LogP contribution is -2.37. The Balaban J connectivity index is 1.85. The summed E-state index contributed by atoms with van der Waals surface area (Å²) < 4.78 is 0. The topological polar surface area (TPSA) is 40.5 Å². The van der Waals surface area contributed by atoms with Gasteiger partial charge in [-0.05, 0) is 55.4 Å². The van der Waals surface area contributed by atoms with Crippen LogP contribution in [-0.4, -0.2) is 35.6 Å². The maximum absolute atomic E-state index is 12.2. The zero-order chi connectivity index (χ0) is 15.9. The van der Waals surface area contributed by atoms with Crippen LogP contribution in [0, 0.1) is 5.92 Å². The van der Waals surface area contributed by atoms with Gasteiger partial charge in [-0.1, -0.05) is 29.3 Å². The van der Waals surface area contributed by atoms with Crippen LogP contribution < -0.4 is 0 Å². The Labute approximate surface area is 141 Å². The van der Waals surface area contributed by atoms with Gasteiger partial charge in [0.25, 0.3) is 0 Å². The molecule has 1 aromatic carbocycles. The van der Waals surface area contributed by atoms with Crippen LogP contribution in [0.2, 0.25) is 10.0 Å². The van der Waals surface area contributed by atoms with Crippen molar-refractivity contribution in [1.82, 2.24) is 4.90 Å². The summed E-state index contributed by atoms with van der Waals surface area (Å²) in [7, 11) is 0. The SMILES string of the molecule is O=C(/C=C/c1ccc(Cl)c(Cl)c1)N1CCC(CCCO)CC1. The van der Waals surface area contributed by atoms with E-state index in [9.17, 15) is 4.79 Å². The number of aliphatic hydroxyl groups is 1. The van der Waals surface area contributed by atoms with Gasteiger partial charge in [-0.2, -0.15) is 0 Å². The number of aliphatic hydroxyl groups excluding tert-OH is 1. The van der Waals surface area contributed by atoms with Crippen molar-refractivity contribution in [2.24, 2.45) is 5.92 Å². The average molecular weight is 342 g/mol.